The van der Waals surface area contributed by atoms with E-state index in [1.165, 1.54) is 0 Å². The minimum absolute atomic E-state index is 0.139. The van der Waals surface area contributed by atoms with Gasteiger partial charge in [0.05, 0.1) is 0 Å². The Bertz CT molecular complexity index is 895. The Kier molecular flexibility index (Phi) is 5.97. The fraction of sp³-hybridized carbons (Fsp3) is 0.250. The quantitative estimate of drug-likeness (QED) is 0.592. The number of nitriles is 1. The van der Waals surface area contributed by atoms with E-state index in [2.05, 4.69) is 10.6 Å². The van der Waals surface area contributed by atoms with E-state index in [0.29, 0.717) is 17.2 Å². The van der Waals surface area contributed by atoms with Crippen molar-refractivity contribution >= 4 is 17.6 Å². The molecule has 2 aromatic rings. The Balaban J connectivity index is 1.71. The number of likely N-dealkylation sites (N-methyl/N-ethyl adjacent to an activating group) is 1. The van der Waals surface area contributed by atoms with E-state index >= 15 is 0 Å². The summed E-state index contributed by atoms with van der Waals surface area (Å²) in [6, 6.07) is 12.9. The molecule has 3 rings (SSSR count). The van der Waals surface area contributed by atoms with Gasteiger partial charge in [0.2, 0.25) is 6.79 Å². The van der Waals surface area contributed by atoms with Crippen LogP contribution in [0.5, 0.6) is 11.5 Å². The summed E-state index contributed by atoms with van der Waals surface area (Å²) in [7, 11) is 0. The van der Waals surface area contributed by atoms with Crippen molar-refractivity contribution in [1.29, 1.82) is 5.26 Å². The first-order valence-electron chi connectivity index (χ1n) is 8.83. The molecule has 2 N–H and O–H groups in total. The number of amides is 3. The average Bonchev–Trinajstić information content (AvgIpc) is 3.17. The van der Waals surface area contributed by atoms with Crippen molar-refractivity contribution in [2.75, 3.05) is 18.7 Å². The molecule has 8 nitrogen and oxygen atoms in total. The maximum absolute atomic E-state index is 12.7. The summed E-state index contributed by atoms with van der Waals surface area (Å²) in [6.45, 7) is 2.07. The van der Waals surface area contributed by atoms with Crippen LogP contribution in [0.1, 0.15) is 12.5 Å². The smallest absolute Gasteiger partial charge is 0.319 e. The highest BCUT2D eigenvalue weighted by atomic mass is 16.7. The van der Waals surface area contributed by atoms with Crippen molar-refractivity contribution in [2.45, 2.75) is 19.4 Å². The first-order valence-corrected chi connectivity index (χ1v) is 8.83. The van der Waals surface area contributed by atoms with Gasteiger partial charge in [0.15, 0.2) is 17.7 Å². The van der Waals surface area contributed by atoms with E-state index in [1.807, 2.05) is 36.5 Å². The third-order valence-corrected chi connectivity index (χ3v) is 4.22. The second-order valence-corrected chi connectivity index (χ2v) is 6.09. The SMILES string of the molecule is CCN(C#N)C(=O)C(Cc1ccccc1)NC(=O)Nc1ccc2c(c1)OCO2. The predicted molar refractivity (Wildman–Crippen MR) is 102 cm³/mol. The highest BCUT2D eigenvalue weighted by Crippen LogP contribution is 2.34. The lowest BCUT2D eigenvalue weighted by molar-refractivity contribution is -0.129. The Labute approximate surface area is 162 Å². The van der Waals surface area contributed by atoms with Crippen molar-refractivity contribution in [1.82, 2.24) is 10.2 Å². The minimum Gasteiger partial charge on any atom is -0.454 e. The molecule has 1 unspecified atom stereocenters. The van der Waals surface area contributed by atoms with Gasteiger partial charge in [0.1, 0.15) is 6.04 Å². The van der Waals surface area contributed by atoms with Crippen LogP contribution in [-0.2, 0) is 11.2 Å². The lowest BCUT2D eigenvalue weighted by atomic mass is 10.0. The summed E-state index contributed by atoms with van der Waals surface area (Å²) in [5.74, 6) is 0.682. The molecule has 8 heteroatoms. The largest absolute Gasteiger partial charge is 0.454 e. The summed E-state index contributed by atoms with van der Waals surface area (Å²) in [4.78, 5) is 26.2. The van der Waals surface area contributed by atoms with Crippen molar-refractivity contribution in [3.05, 3.63) is 54.1 Å². The zero-order chi connectivity index (χ0) is 19.9. The molecule has 0 fully saturated rings. The lowest BCUT2D eigenvalue weighted by Gasteiger charge is -2.22. The third-order valence-electron chi connectivity index (χ3n) is 4.22. The number of rotatable bonds is 6. The minimum atomic E-state index is -0.879. The molecule has 1 aliphatic heterocycles. The van der Waals surface area contributed by atoms with Crippen LogP contribution in [0.3, 0.4) is 0 Å². The first kappa shape index (κ1) is 19.0. The van der Waals surface area contributed by atoms with E-state index in [0.717, 1.165) is 10.5 Å². The molecular formula is C20H20N4O4. The van der Waals surface area contributed by atoms with Crippen LogP contribution >= 0.6 is 0 Å². The number of hydrogen-bond donors (Lipinski definition) is 2. The van der Waals surface area contributed by atoms with Crippen molar-refractivity contribution in [3.63, 3.8) is 0 Å². The summed E-state index contributed by atoms with van der Waals surface area (Å²) in [5, 5.41) is 14.5. The molecule has 1 heterocycles. The van der Waals surface area contributed by atoms with Gasteiger partial charge < -0.3 is 20.1 Å². The number of urea groups is 1. The van der Waals surface area contributed by atoms with Crippen molar-refractivity contribution in [2.24, 2.45) is 0 Å². The molecule has 1 aliphatic rings. The van der Waals surface area contributed by atoms with E-state index in [1.54, 1.807) is 25.1 Å². The molecule has 0 saturated carbocycles. The van der Waals surface area contributed by atoms with Crippen molar-refractivity contribution < 1.29 is 19.1 Å². The highest BCUT2D eigenvalue weighted by molar-refractivity contribution is 5.94. The summed E-state index contributed by atoms with van der Waals surface area (Å²) in [6.07, 6.45) is 2.12. The maximum Gasteiger partial charge on any atom is 0.319 e. The molecule has 0 bridgehead atoms. The fourth-order valence-electron chi connectivity index (χ4n) is 2.81. The average molecular weight is 380 g/mol. The third kappa shape index (κ3) is 4.51. The maximum atomic E-state index is 12.7. The van der Waals surface area contributed by atoms with Gasteiger partial charge in [-0.1, -0.05) is 30.3 Å². The van der Waals surface area contributed by atoms with Gasteiger partial charge in [-0.25, -0.2) is 9.69 Å². The Hall–Kier alpha value is -3.73. The number of carbonyl (C=O) groups is 2. The zero-order valence-electron chi connectivity index (χ0n) is 15.3. The summed E-state index contributed by atoms with van der Waals surface area (Å²) < 4.78 is 10.5. The number of nitrogens with zero attached hydrogens (tertiary/aromatic N) is 2. The fourth-order valence-corrected chi connectivity index (χ4v) is 2.81. The van der Waals surface area contributed by atoms with Gasteiger partial charge in [-0.05, 0) is 24.6 Å². The molecule has 28 heavy (non-hydrogen) atoms. The van der Waals surface area contributed by atoms with Crippen LogP contribution in [0.4, 0.5) is 10.5 Å². The summed E-state index contributed by atoms with van der Waals surface area (Å²) in [5.41, 5.74) is 1.37. The summed E-state index contributed by atoms with van der Waals surface area (Å²) >= 11 is 0. The van der Waals surface area contributed by atoms with Crippen LogP contribution < -0.4 is 20.1 Å². The predicted octanol–water partition coefficient (Wildman–Crippen LogP) is 2.48. The van der Waals surface area contributed by atoms with E-state index in [9.17, 15) is 14.9 Å². The Morgan fingerprint density at radius 3 is 2.64 bits per heavy atom. The molecule has 0 spiro atoms. The van der Waals surface area contributed by atoms with Crippen LogP contribution in [0.25, 0.3) is 0 Å². The van der Waals surface area contributed by atoms with Gasteiger partial charge in [-0.2, -0.15) is 5.26 Å². The molecule has 1 atom stereocenters. The Morgan fingerprint density at radius 2 is 1.93 bits per heavy atom. The number of carbonyl (C=O) groups excluding carboxylic acids is 2. The first-order chi connectivity index (χ1) is 13.6. The highest BCUT2D eigenvalue weighted by Gasteiger charge is 2.26. The second kappa shape index (κ2) is 8.77. The van der Waals surface area contributed by atoms with Crippen LogP contribution in [-0.4, -0.2) is 36.2 Å². The standard InChI is InChI=1S/C20H20N4O4/c1-2-24(12-21)19(25)16(10-14-6-4-3-5-7-14)23-20(26)22-15-8-9-17-18(11-15)28-13-27-17/h3-9,11,16H,2,10,13H2,1H3,(H2,22,23,26). The lowest BCUT2D eigenvalue weighted by Crippen LogP contribution is -2.49. The van der Waals surface area contributed by atoms with Gasteiger partial charge in [-0.15, -0.1) is 0 Å². The number of anilines is 1. The molecule has 0 saturated heterocycles. The van der Waals surface area contributed by atoms with Gasteiger partial charge in [0.25, 0.3) is 5.91 Å². The van der Waals surface area contributed by atoms with Gasteiger partial charge >= 0.3 is 6.03 Å². The molecule has 0 aromatic heterocycles. The number of ether oxygens (including phenoxy) is 2. The monoisotopic (exact) mass is 380 g/mol. The molecular weight excluding hydrogens is 360 g/mol. The number of hydrogen-bond acceptors (Lipinski definition) is 5. The van der Waals surface area contributed by atoms with E-state index in [4.69, 9.17) is 9.47 Å². The normalized spacial score (nSPS) is 12.6. The van der Waals surface area contributed by atoms with Gasteiger partial charge in [-0.3, -0.25) is 4.79 Å². The number of nitrogens with one attached hydrogen (secondary N) is 2. The van der Waals surface area contributed by atoms with Crippen LogP contribution in [0, 0.1) is 11.5 Å². The number of fused-ring (bicyclic) bond motifs is 1. The topological polar surface area (TPSA) is 104 Å². The van der Waals surface area contributed by atoms with Crippen molar-refractivity contribution in [3.8, 4) is 17.7 Å². The number of benzene rings is 2. The molecule has 2 aromatic carbocycles. The zero-order valence-corrected chi connectivity index (χ0v) is 15.3. The van der Waals surface area contributed by atoms with Crippen LogP contribution in [0.2, 0.25) is 0 Å². The molecule has 144 valence electrons. The Morgan fingerprint density at radius 1 is 1.18 bits per heavy atom. The molecule has 3 amide bonds. The van der Waals surface area contributed by atoms with E-state index in [-0.39, 0.29) is 19.8 Å². The molecule has 0 radical (unpaired) electrons. The second-order valence-electron chi connectivity index (χ2n) is 6.09. The van der Waals surface area contributed by atoms with Crippen LogP contribution in [0.15, 0.2) is 48.5 Å². The molecule has 0 aliphatic carbocycles. The van der Waals surface area contributed by atoms with E-state index < -0.39 is 18.0 Å². The van der Waals surface area contributed by atoms with Gasteiger partial charge in [0, 0.05) is 24.7 Å².